The van der Waals surface area contributed by atoms with Crippen LogP contribution in [0.2, 0.25) is 0 Å². The van der Waals surface area contributed by atoms with E-state index in [-0.39, 0.29) is 5.91 Å². The number of hydrogen-bond donors (Lipinski definition) is 0. The number of nitrogens with zero attached hydrogens (tertiary/aromatic N) is 3. The van der Waals surface area contributed by atoms with Gasteiger partial charge in [-0.1, -0.05) is 30.7 Å². The van der Waals surface area contributed by atoms with Crippen molar-refractivity contribution in [3.8, 4) is 16.9 Å². The highest BCUT2D eigenvalue weighted by atomic mass is 16.5. The van der Waals surface area contributed by atoms with Gasteiger partial charge in [0.2, 0.25) is 0 Å². The third-order valence-corrected chi connectivity index (χ3v) is 7.75. The Morgan fingerprint density at radius 3 is 2.06 bits per heavy atom. The fourth-order valence-electron chi connectivity index (χ4n) is 5.75. The fraction of sp³-hybridized carbons (Fsp3) is 0.552. The molecule has 182 valence electrons. The molecule has 0 N–H and O–H groups in total. The monoisotopic (exact) mass is 461 g/mol. The summed E-state index contributed by atoms with van der Waals surface area (Å²) in [5, 5.41) is 0. The van der Waals surface area contributed by atoms with Crippen molar-refractivity contribution < 1.29 is 9.53 Å². The second-order valence-corrected chi connectivity index (χ2v) is 10.2. The predicted molar refractivity (Wildman–Crippen MR) is 137 cm³/mol. The first kappa shape index (κ1) is 23.4. The molecular weight excluding hydrogens is 422 g/mol. The number of amides is 1. The summed E-state index contributed by atoms with van der Waals surface area (Å²) in [4.78, 5) is 20.4. The number of ether oxygens (including phenoxy) is 1. The molecule has 0 spiro atoms. The van der Waals surface area contributed by atoms with Crippen LogP contribution in [0.1, 0.15) is 55.3 Å². The molecule has 0 aromatic heterocycles. The maximum absolute atomic E-state index is 13.2. The van der Waals surface area contributed by atoms with Gasteiger partial charge in [0.25, 0.3) is 5.91 Å². The van der Waals surface area contributed by atoms with E-state index in [0.717, 1.165) is 61.5 Å². The van der Waals surface area contributed by atoms with Crippen LogP contribution in [0.4, 0.5) is 0 Å². The summed E-state index contributed by atoms with van der Waals surface area (Å²) in [6, 6.07) is 16.8. The minimum Gasteiger partial charge on any atom is -0.492 e. The van der Waals surface area contributed by atoms with E-state index in [1.807, 2.05) is 12.1 Å². The molecule has 0 bridgehead atoms. The quantitative estimate of drug-likeness (QED) is 0.559. The average molecular weight is 462 g/mol. The summed E-state index contributed by atoms with van der Waals surface area (Å²) < 4.78 is 5.97. The summed E-state index contributed by atoms with van der Waals surface area (Å²) in [6.45, 7) is 8.47. The van der Waals surface area contributed by atoms with Gasteiger partial charge in [-0.05, 0) is 100 Å². The molecule has 3 aliphatic rings. The van der Waals surface area contributed by atoms with Gasteiger partial charge in [0.05, 0.1) is 0 Å². The van der Waals surface area contributed by atoms with Crippen LogP contribution >= 0.6 is 0 Å². The van der Waals surface area contributed by atoms with Crippen molar-refractivity contribution in [1.29, 1.82) is 0 Å². The van der Waals surface area contributed by atoms with Crippen LogP contribution < -0.4 is 4.74 Å². The van der Waals surface area contributed by atoms with Gasteiger partial charge < -0.3 is 14.5 Å². The molecule has 1 amide bonds. The Morgan fingerprint density at radius 2 is 1.35 bits per heavy atom. The highest BCUT2D eigenvalue weighted by molar-refractivity contribution is 5.95. The van der Waals surface area contributed by atoms with Gasteiger partial charge in [-0.25, -0.2) is 0 Å². The largest absolute Gasteiger partial charge is 0.492 e. The Labute approximate surface area is 204 Å². The van der Waals surface area contributed by atoms with Gasteiger partial charge in [-0.15, -0.1) is 0 Å². The number of carbonyl (C=O) groups is 1. The minimum atomic E-state index is 0.186. The molecule has 5 rings (SSSR count). The molecule has 3 heterocycles. The topological polar surface area (TPSA) is 36.0 Å². The molecule has 0 aliphatic carbocycles. The lowest BCUT2D eigenvalue weighted by atomic mass is 10.0. The van der Waals surface area contributed by atoms with E-state index in [1.54, 1.807) is 0 Å². The van der Waals surface area contributed by atoms with Crippen LogP contribution in [0.25, 0.3) is 11.1 Å². The van der Waals surface area contributed by atoms with Crippen LogP contribution in [0.5, 0.6) is 5.75 Å². The SMILES string of the molecule is O=C(c1ccc(-c2ccc(OCCN3CCCCC3)cc2)cc1)N1CCC[C@H]1CN1CCCC1. The van der Waals surface area contributed by atoms with Crippen LogP contribution in [-0.2, 0) is 0 Å². The second kappa shape index (κ2) is 11.4. The van der Waals surface area contributed by atoms with Gasteiger partial charge in [-0.3, -0.25) is 9.69 Å². The number of carbonyl (C=O) groups excluding carboxylic acids is 1. The zero-order chi connectivity index (χ0) is 23.2. The molecule has 3 saturated heterocycles. The van der Waals surface area contributed by atoms with Crippen LogP contribution in [0, 0.1) is 0 Å². The lowest BCUT2D eigenvalue weighted by Gasteiger charge is -2.28. The molecule has 2 aromatic rings. The van der Waals surface area contributed by atoms with E-state index in [9.17, 15) is 4.79 Å². The van der Waals surface area contributed by atoms with Gasteiger partial charge in [0.1, 0.15) is 12.4 Å². The maximum atomic E-state index is 13.2. The first-order valence-corrected chi connectivity index (χ1v) is 13.4. The van der Waals surface area contributed by atoms with Crippen molar-refractivity contribution in [1.82, 2.24) is 14.7 Å². The maximum Gasteiger partial charge on any atom is 0.254 e. The zero-order valence-electron chi connectivity index (χ0n) is 20.5. The number of rotatable bonds is 8. The smallest absolute Gasteiger partial charge is 0.254 e. The normalized spacial score (nSPS) is 21.8. The summed E-state index contributed by atoms with van der Waals surface area (Å²) in [6.07, 6.45) is 8.85. The summed E-state index contributed by atoms with van der Waals surface area (Å²) in [5.74, 6) is 1.11. The molecule has 34 heavy (non-hydrogen) atoms. The van der Waals surface area contributed by atoms with E-state index < -0.39 is 0 Å². The molecule has 0 radical (unpaired) electrons. The van der Waals surface area contributed by atoms with E-state index in [0.29, 0.717) is 6.04 Å². The summed E-state index contributed by atoms with van der Waals surface area (Å²) in [7, 11) is 0. The van der Waals surface area contributed by atoms with E-state index >= 15 is 0 Å². The molecule has 5 nitrogen and oxygen atoms in total. The Kier molecular flexibility index (Phi) is 7.82. The average Bonchev–Trinajstić information content (AvgIpc) is 3.58. The molecule has 2 aromatic carbocycles. The molecule has 3 fully saturated rings. The van der Waals surface area contributed by atoms with Crippen molar-refractivity contribution in [3.63, 3.8) is 0 Å². The summed E-state index contributed by atoms with van der Waals surface area (Å²) in [5.41, 5.74) is 3.08. The Hall–Kier alpha value is -2.37. The zero-order valence-corrected chi connectivity index (χ0v) is 20.5. The lowest BCUT2D eigenvalue weighted by molar-refractivity contribution is 0.0709. The van der Waals surface area contributed by atoms with Crippen LogP contribution in [0.15, 0.2) is 48.5 Å². The number of benzene rings is 2. The molecule has 0 saturated carbocycles. The first-order chi connectivity index (χ1) is 16.8. The fourth-order valence-corrected chi connectivity index (χ4v) is 5.75. The number of likely N-dealkylation sites (tertiary alicyclic amines) is 3. The van der Waals surface area contributed by atoms with Crippen molar-refractivity contribution in [3.05, 3.63) is 54.1 Å². The van der Waals surface area contributed by atoms with E-state index in [4.69, 9.17) is 4.74 Å². The number of hydrogen-bond acceptors (Lipinski definition) is 4. The van der Waals surface area contributed by atoms with Crippen molar-refractivity contribution >= 4 is 5.91 Å². The van der Waals surface area contributed by atoms with Crippen LogP contribution in [0.3, 0.4) is 0 Å². The lowest BCUT2D eigenvalue weighted by Crippen LogP contribution is -2.42. The number of piperidine rings is 1. The van der Waals surface area contributed by atoms with Gasteiger partial charge in [0, 0.05) is 31.2 Å². The summed E-state index contributed by atoms with van der Waals surface area (Å²) >= 11 is 0. The van der Waals surface area contributed by atoms with Gasteiger partial charge >= 0.3 is 0 Å². The molecule has 3 aliphatic heterocycles. The van der Waals surface area contributed by atoms with Crippen molar-refractivity contribution in [2.75, 3.05) is 52.4 Å². The van der Waals surface area contributed by atoms with E-state index in [2.05, 4.69) is 51.1 Å². The predicted octanol–water partition coefficient (Wildman–Crippen LogP) is 4.92. The van der Waals surface area contributed by atoms with E-state index in [1.165, 1.54) is 58.3 Å². The van der Waals surface area contributed by atoms with Gasteiger partial charge in [0.15, 0.2) is 0 Å². The molecule has 5 heteroatoms. The third-order valence-electron chi connectivity index (χ3n) is 7.75. The highest BCUT2D eigenvalue weighted by Crippen LogP contribution is 2.26. The van der Waals surface area contributed by atoms with Gasteiger partial charge in [-0.2, -0.15) is 0 Å². The molecule has 0 unspecified atom stereocenters. The third kappa shape index (κ3) is 5.81. The Bertz CT molecular complexity index is 915. The highest BCUT2D eigenvalue weighted by Gasteiger charge is 2.31. The Morgan fingerprint density at radius 1 is 0.735 bits per heavy atom. The molecule has 1 atom stereocenters. The minimum absolute atomic E-state index is 0.186. The standard InChI is InChI=1S/C29H39N3O2/c33-29(32-20-6-7-27(32)23-31-18-4-5-19-31)26-10-8-24(9-11-26)25-12-14-28(15-13-25)34-22-21-30-16-2-1-3-17-30/h8-15,27H,1-7,16-23H2/t27-/m0/s1. The Balaban J connectivity index is 1.14. The van der Waals surface area contributed by atoms with Crippen LogP contribution in [-0.4, -0.2) is 79.1 Å². The first-order valence-electron chi connectivity index (χ1n) is 13.4. The van der Waals surface area contributed by atoms with Crippen molar-refractivity contribution in [2.45, 2.75) is 51.0 Å². The molecular formula is C29H39N3O2. The van der Waals surface area contributed by atoms with Crippen molar-refractivity contribution in [2.24, 2.45) is 0 Å². The second-order valence-electron chi connectivity index (χ2n) is 10.2.